The Hall–Kier alpha value is -2.27. The monoisotopic (exact) mass is 356 g/mol. The normalized spacial score (nSPS) is 24.7. The van der Waals surface area contributed by atoms with Gasteiger partial charge in [-0.3, -0.25) is 4.79 Å². The number of amides is 1. The van der Waals surface area contributed by atoms with E-state index in [1.54, 1.807) is 24.3 Å². The van der Waals surface area contributed by atoms with Gasteiger partial charge in [-0.25, -0.2) is 8.78 Å². The molecule has 1 amide bonds. The molecule has 3 saturated heterocycles. The van der Waals surface area contributed by atoms with E-state index in [0.29, 0.717) is 17.0 Å². The largest absolute Gasteiger partial charge is 0.351 e. The Labute approximate surface area is 152 Å². The van der Waals surface area contributed by atoms with Crippen LogP contribution in [0.2, 0.25) is 0 Å². The second-order valence-electron chi connectivity index (χ2n) is 7.29. The molecule has 3 nitrogen and oxygen atoms in total. The number of benzene rings is 2. The highest BCUT2D eigenvalue weighted by molar-refractivity contribution is 5.87. The lowest BCUT2D eigenvalue weighted by molar-refractivity contribution is -0.123. The molecule has 3 heterocycles. The van der Waals surface area contributed by atoms with Gasteiger partial charge in [0.15, 0.2) is 0 Å². The van der Waals surface area contributed by atoms with E-state index in [-0.39, 0.29) is 23.6 Å². The summed E-state index contributed by atoms with van der Waals surface area (Å²) in [6.45, 7) is 3.10. The molecule has 0 aliphatic carbocycles. The summed E-state index contributed by atoms with van der Waals surface area (Å²) in [5, 5.41) is 3.21. The first-order chi connectivity index (χ1) is 12.6. The highest BCUT2D eigenvalue weighted by Gasteiger charge is 2.36. The van der Waals surface area contributed by atoms with Gasteiger partial charge in [0, 0.05) is 12.6 Å². The molecule has 5 heteroatoms. The number of rotatable bonds is 4. The number of fused-ring (bicyclic) bond motifs is 3. The maximum absolute atomic E-state index is 13.3. The Morgan fingerprint density at radius 3 is 1.85 bits per heavy atom. The third-order valence-electron chi connectivity index (χ3n) is 5.65. The summed E-state index contributed by atoms with van der Waals surface area (Å²) in [4.78, 5) is 15.5. The highest BCUT2D eigenvalue weighted by atomic mass is 19.1. The van der Waals surface area contributed by atoms with E-state index in [1.807, 2.05) is 0 Å². The van der Waals surface area contributed by atoms with E-state index < -0.39 is 5.92 Å². The molecule has 5 rings (SSSR count). The van der Waals surface area contributed by atoms with Crippen LogP contribution in [-0.2, 0) is 4.79 Å². The molecule has 136 valence electrons. The summed E-state index contributed by atoms with van der Waals surface area (Å²) >= 11 is 0. The molecule has 1 N–H and O–H groups in total. The molecule has 26 heavy (non-hydrogen) atoms. The van der Waals surface area contributed by atoms with Crippen LogP contribution in [0.1, 0.15) is 29.9 Å². The number of hydrogen-bond acceptors (Lipinski definition) is 2. The maximum Gasteiger partial charge on any atom is 0.232 e. The number of nitrogens with zero attached hydrogens (tertiary/aromatic N) is 1. The molecule has 3 aliphatic rings. The van der Waals surface area contributed by atoms with E-state index >= 15 is 0 Å². The fourth-order valence-corrected chi connectivity index (χ4v) is 4.20. The molecule has 1 atom stereocenters. The molecular formula is C21H22F2N2O. The van der Waals surface area contributed by atoms with E-state index in [1.165, 1.54) is 24.3 Å². The first kappa shape index (κ1) is 17.2. The summed E-state index contributed by atoms with van der Waals surface area (Å²) in [6.07, 6.45) is 2.23. The molecular weight excluding hydrogens is 334 g/mol. The predicted molar refractivity (Wildman–Crippen MR) is 95.7 cm³/mol. The molecule has 2 aromatic carbocycles. The SMILES string of the molecule is O=C(N[C@H]1CN2CCC1CC2)C(c1ccc(F)cc1)c1ccc(F)cc1. The van der Waals surface area contributed by atoms with Gasteiger partial charge in [-0.2, -0.15) is 0 Å². The summed E-state index contributed by atoms with van der Waals surface area (Å²) in [6, 6.07) is 12.1. The van der Waals surface area contributed by atoms with Crippen molar-refractivity contribution in [2.24, 2.45) is 5.92 Å². The van der Waals surface area contributed by atoms with Gasteiger partial charge in [-0.1, -0.05) is 24.3 Å². The van der Waals surface area contributed by atoms with Crippen molar-refractivity contribution in [3.63, 3.8) is 0 Å². The van der Waals surface area contributed by atoms with Gasteiger partial charge in [0.2, 0.25) is 5.91 Å². The summed E-state index contributed by atoms with van der Waals surface area (Å²) in [7, 11) is 0. The van der Waals surface area contributed by atoms with Crippen molar-refractivity contribution < 1.29 is 13.6 Å². The van der Waals surface area contributed by atoms with E-state index in [9.17, 15) is 13.6 Å². The van der Waals surface area contributed by atoms with Crippen LogP contribution in [-0.4, -0.2) is 36.5 Å². The zero-order valence-corrected chi connectivity index (χ0v) is 14.5. The predicted octanol–water partition coefficient (Wildman–Crippen LogP) is 3.31. The third-order valence-corrected chi connectivity index (χ3v) is 5.65. The van der Waals surface area contributed by atoms with Gasteiger partial charge < -0.3 is 10.2 Å². The Morgan fingerprint density at radius 2 is 1.42 bits per heavy atom. The first-order valence-electron chi connectivity index (χ1n) is 9.14. The van der Waals surface area contributed by atoms with Gasteiger partial charge in [0.25, 0.3) is 0 Å². The van der Waals surface area contributed by atoms with Crippen LogP contribution in [0.5, 0.6) is 0 Å². The van der Waals surface area contributed by atoms with Crippen LogP contribution in [0.15, 0.2) is 48.5 Å². The zero-order valence-electron chi connectivity index (χ0n) is 14.5. The Balaban J connectivity index is 1.60. The fourth-order valence-electron chi connectivity index (χ4n) is 4.20. The Kier molecular flexibility index (Phi) is 4.72. The van der Waals surface area contributed by atoms with Crippen LogP contribution in [0.25, 0.3) is 0 Å². The topological polar surface area (TPSA) is 32.3 Å². The lowest BCUT2D eigenvalue weighted by Gasteiger charge is -2.45. The van der Waals surface area contributed by atoms with Crippen LogP contribution in [0, 0.1) is 17.6 Å². The van der Waals surface area contributed by atoms with Crippen molar-refractivity contribution in [3.05, 3.63) is 71.3 Å². The minimum Gasteiger partial charge on any atom is -0.351 e. The fraction of sp³-hybridized carbons (Fsp3) is 0.381. The molecule has 2 bridgehead atoms. The van der Waals surface area contributed by atoms with Crippen molar-refractivity contribution in [1.29, 1.82) is 0 Å². The molecule has 2 aromatic rings. The van der Waals surface area contributed by atoms with E-state index in [4.69, 9.17) is 0 Å². The van der Waals surface area contributed by atoms with Crippen LogP contribution in [0.4, 0.5) is 8.78 Å². The van der Waals surface area contributed by atoms with Gasteiger partial charge in [-0.05, 0) is 67.2 Å². The molecule has 0 spiro atoms. The van der Waals surface area contributed by atoms with E-state index in [0.717, 1.165) is 32.5 Å². The van der Waals surface area contributed by atoms with Crippen molar-refractivity contribution in [2.75, 3.05) is 19.6 Å². The quantitative estimate of drug-likeness (QED) is 0.912. The van der Waals surface area contributed by atoms with Gasteiger partial charge in [-0.15, -0.1) is 0 Å². The van der Waals surface area contributed by atoms with Crippen LogP contribution >= 0.6 is 0 Å². The van der Waals surface area contributed by atoms with Crippen molar-refractivity contribution in [2.45, 2.75) is 24.8 Å². The van der Waals surface area contributed by atoms with Crippen LogP contribution < -0.4 is 5.32 Å². The van der Waals surface area contributed by atoms with Gasteiger partial charge in [0.05, 0.1) is 5.92 Å². The summed E-state index contributed by atoms with van der Waals surface area (Å²) in [5.41, 5.74) is 1.41. The molecule has 0 unspecified atom stereocenters. The molecule has 3 fully saturated rings. The number of hydrogen-bond donors (Lipinski definition) is 1. The van der Waals surface area contributed by atoms with Gasteiger partial charge >= 0.3 is 0 Å². The van der Waals surface area contributed by atoms with Crippen molar-refractivity contribution >= 4 is 5.91 Å². The second-order valence-corrected chi connectivity index (χ2v) is 7.29. The van der Waals surface area contributed by atoms with Crippen molar-refractivity contribution in [1.82, 2.24) is 10.2 Å². The lowest BCUT2D eigenvalue weighted by atomic mass is 9.83. The third kappa shape index (κ3) is 3.49. The standard InChI is InChI=1S/C21H22F2N2O/c22-17-5-1-15(2-6-17)20(16-3-7-18(23)8-4-16)21(26)24-19-13-25-11-9-14(19)10-12-25/h1-8,14,19-20H,9-13H2,(H,24,26)/t19-/m0/s1. The number of piperidine rings is 3. The second kappa shape index (κ2) is 7.16. The molecule has 3 aliphatic heterocycles. The average Bonchev–Trinajstić information content (AvgIpc) is 2.66. The molecule has 0 radical (unpaired) electrons. The smallest absolute Gasteiger partial charge is 0.232 e. The lowest BCUT2D eigenvalue weighted by Crippen LogP contribution is -2.57. The maximum atomic E-state index is 13.3. The highest BCUT2D eigenvalue weighted by Crippen LogP contribution is 2.30. The number of carbonyl (C=O) groups excluding carboxylic acids is 1. The van der Waals surface area contributed by atoms with Gasteiger partial charge in [0.1, 0.15) is 11.6 Å². The van der Waals surface area contributed by atoms with E-state index in [2.05, 4.69) is 10.2 Å². The summed E-state index contributed by atoms with van der Waals surface area (Å²) < 4.78 is 26.7. The minimum absolute atomic E-state index is 0.109. The molecule has 0 saturated carbocycles. The number of carbonyl (C=O) groups is 1. The number of nitrogens with one attached hydrogen (secondary N) is 1. The van der Waals surface area contributed by atoms with Crippen molar-refractivity contribution in [3.8, 4) is 0 Å². The first-order valence-corrected chi connectivity index (χ1v) is 9.14. The average molecular weight is 356 g/mol. The summed E-state index contributed by atoms with van der Waals surface area (Å²) in [5.74, 6) is -0.853. The minimum atomic E-state index is -0.577. The zero-order chi connectivity index (χ0) is 18.1. The van der Waals surface area contributed by atoms with Crippen LogP contribution in [0.3, 0.4) is 0 Å². The molecule has 0 aromatic heterocycles. The Bertz CT molecular complexity index is 722. The Morgan fingerprint density at radius 1 is 0.923 bits per heavy atom. The number of halogens is 2.